The molecule has 0 saturated heterocycles. The second-order valence-electron chi connectivity index (χ2n) is 5.36. The number of fused-ring (bicyclic) bond motifs is 1. The molecule has 0 aliphatic carbocycles. The number of imidazole rings is 1. The predicted molar refractivity (Wildman–Crippen MR) is 99.3 cm³/mol. The molecular weight excluding hydrogens is 356 g/mol. The Balaban J connectivity index is 1.50. The third kappa shape index (κ3) is 3.37. The van der Waals surface area contributed by atoms with Gasteiger partial charge in [-0.1, -0.05) is 11.3 Å². The molecule has 0 radical (unpaired) electrons. The van der Waals surface area contributed by atoms with E-state index in [-0.39, 0.29) is 6.03 Å². The Bertz CT molecular complexity index is 993. The van der Waals surface area contributed by atoms with Gasteiger partial charge >= 0.3 is 6.03 Å². The van der Waals surface area contributed by atoms with Crippen LogP contribution in [0.4, 0.5) is 10.5 Å². The van der Waals surface area contributed by atoms with E-state index in [1.165, 1.54) is 11.3 Å². The van der Waals surface area contributed by atoms with E-state index >= 15 is 0 Å². The molecular formula is C16H14N6OS2. The highest BCUT2D eigenvalue weighted by atomic mass is 32.1. The first kappa shape index (κ1) is 15.7. The van der Waals surface area contributed by atoms with Crippen molar-refractivity contribution in [3.63, 3.8) is 0 Å². The molecule has 3 heterocycles. The normalized spacial score (nSPS) is 10.9. The minimum absolute atomic E-state index is 0.172. The molecule has 1 N–H and O–H groups in total. The summed E-state index contributed by atoms with van der Waals surface area (Å²) in [7, 11) is 1.75. The SMILES string of the molecule is CN(Cc1nccs1)C(=O)Nc1ccc2nc(-n3ccnc3)sc2c1. The maximum absolute atomic E-state index is 12.3. The second-order valence-corrected chi connectivity index (χ2v) is 7.35. The van der Waals surface area contributed by atoms with Crippen molar-refractivity contribution in [3.05, 3.63) is 53.5 Å². The summed E-state index contributed by atoms with van der Waals surface area (Å²) < 4.78 is 2.87. The topological polar surface area (TPSA) is 75.9 Å². The lowest BCUT2D eigenvalue weighted by molar-refractivity contribution is 0.220. The van der Waals surface area contributed by atoms with E-state index in [4.69, 9.17) is 0 Å². The van der Waals surface area contributed by atoms with Crippen LogP contribution in [0.3, 0.4) is 0 Å². The molecule has 25 heavy (non-hydrogen) atoms. The van der Waals surface area contributed by atoms with E-state index in [1.54, 1.807) is 42.0 Å². The molecule has 0 spiro atoms. The van der Waals surface area contributed by atoms with Crippen molar-refractivity contribution < 1.29 is 4.79 Å². The monoisotopic (exact) mass is 370 g/mol. The number of hydrogen-bond acceptors (Lipinski definition) is 6. The molecule has 0 atom stereocenters. The quantitative estimate of drug-likeness (QED) is 0.595. The van der Waals surface area contributed by atoms with Crippen molar-refractivity contribution >= 4 is 44.6 Å². The van der Waals surface area contributed by atoms with Crippen molar-refractivity contribution in [3.8, 4) is 5.13 Å². The molecule has 0 fully saturated rings. The third-order valence-corrected chi connectivity index (χ3v) is 5.35. The van der Waals surface area contributed by atoms with Gasteiger partial charge in [0.15, 0.2) is 5.13 Å². The summed E-state index contributed by atoms with van der Waals surface area (Å²) in [5.41, 5.74) is 1.63. The maximum atomic E-state index is 12.3. The van der Waals surface area contributed by atoms with Gasteiger partial charge in [-0.2, -0.15) is 0 Å². The summed E-state index contributed by atoms with van der Waals surface area (Å²) in [6.45, 7) is 0.483. The molecule has 3 aromatic heterocycles. The van der Waals surface area contributed by atoms with E-state index in [9.17, 15) is 4.79 Å². The van der Waals surface area contributed by atoms with Gasteiger partial charge in [0.25, 0.3) is 0 Å². The number of urea groups is 1. The summed E-state index contributed by atoms with van der Waals surface area (Å²) in [5.74, 6) is 0. The van der Waals surface area contributed by atoms with Crippen LogP contribution in [0.5, 0.6) is 0 Å². The number of benzene rings is 1. The first-order chi connectivity index (χ1) is 12.2. The Morgan fingerprint density at radius 3 is 3.04 bits per heavy atom. The first-order valence-corrected chi connectivity index (χ1v) is 9.18. The molecule has 1 aromatic carbocycles. The second kappa shape index (κ2) is 6.61. The van der Waals surface area contributed by atoms with Crippen LogP contribution in [0.25, 0.3) is 15.3 Å². The molecule has 4 aromatic rings. The predicted octanol–water partition coefficient (Wildman–Crippen LogP) is 3.60. The Labute approximate surface area is 151 Å². The van der Waals surface area contributed by atoms with Crippen LogP contribution in [0.2, 0.25) is 0 Å². The number of thiazole rings is 2. The number of carbonyl (C=O) groups is 1. The molecule has 0 unspecified atom stereocenters. The third-order valence-electron chi connectivity index (χ3n) is 3.56. The van der Waals surface area contributed by atoms with Crippen molar-refractivity contribution in [2.75, 3.05) is 12.4 Å². The average molecular weight is 370 g/mol. The Kier molecular flexibility index (Phi) is 4.16. The van der Waals surface area contributed by atoms with Crippen molar-refractivity contribution in [2.45, 2.75) is 6.54 Å². The number of nitrogens with one attached hydrogen (secondary N) is 1. The smallest absolute Gasteiger partial charge is 0.321 e. The standard InChI is InChI=1S/C16H14N6OS2/c1-21(9-14-18-5-7-24-14)15(23)19-11-2-3-12-13(8-11)25-16(20-12)22-6-4-17-10-22/h2-8,10H,9H2,1H3,(H,19,23). The number of aromatic nitrogens is 4. The molecule has 0 aliphatic rings. The largest absolute Gasteiger partial charge is 0.321 e. The molecule has 0 bridgehead atoms. The molecule has 126 valence electrons. The highest BCUT2D eigenvalue weighted by Gasteiger charge is 2.12. The summed E-state index contributed by atoms with van der Waals surface area (Å²) in [6.07, 6.45) is 7.03. The van der Waals surface area contributed by atoms with Gasteiger partial charge < -0.3 is 10.2 Å². The van der Waals surface area contributed by atoms with E-state index in [1.807, 2.05) is 34.3 Å². The Morgan fingerprint density at radius 1 is 1.36 bits per heavy atom. The fraction of sp³-hybridized carbons (Fsp3) is 0.125. The molecule has 9 heteroatoms. The van der Waals surface area contributed by atoms with Crippen LogP contribution < -0.4 is 5.32 Å². The highest BCUT2D eigenvalue weighted by molar-refractivity contribution is 7.20. The Hall–Kier alpha value is -2.78. The highest BCUT2D eigenvalue weighted by Crippen LogP contribution is 2.27. The zero-order chi connectivity index (χ0) is 17.2. The van der Waals surface area contributed by atoms with Gasteiger partial charge in [0.05, 0.1) is 16.8 Å². The van der Waals surface area contributed by atoms with Gasteiger partial charge in [-0.25, -0.2) is 19.7 Å². The fourth-order valence-electron chi connectivity index (χ4n) is 2.30. The van der Waals surface area contributed by atoms with E-state index in [2.05, 4.69) is 20.3 Å². The zero-order valence-corrected chi connectivity index (χ0v) is 14.9. The lowest BCUT2D eigenvalue weighted by Crippen LogP contribution is -2.30. The summed E-state index contributed by atoms with van der Waals surface area (Å²) in [5, 5.41) is 6.56. The van der Waals surface area contributed by atoms with Gasteiger partial charge in [0.1, 0.15) is 11.3 Å². The van der Waals surface area contributed by atoms with Gasteiger partial charge in [-0.3, -0.25) is 4.57 Å². The molecule has 0 saturated carbocycles. The van der Waals surface area contributed by atoms with Crippen molar-refractivity contribution in [1.82, 2.24) is 24.4 Å². The van der Waals surface area contributed by atoms with Gasteiger partial charge in [-0.15, -0.1) is 11.3 Å². The van der Waals surface area contributed by atoms with Gasteiger partial charge in [0.2, 0.25) is 0 Å². The first-order valence-electron chi connectivity index (χ1n) is 7.48. The zero-order valence-electron chi connectivity index (χ0n) is 13.3. The fourth-order valence-corrected chi connectivity index (χ4v) is 3.92. The van der Waals surface area contributed by atoms with E-state index < -0.39 is 0 Å². The van der Waals surface area contributed by atoms with Crippen molar-refractivity contribution in [1.29, 1.82) is 0 Å². The van der Waals surface area contributed by atoms with Crippen LogP contribution in [0.15, 0.2) is 48.5 Å². The molecule has 2 amide bonds. The number of amides is 2. The number of anilines is 1. The number of rotatable bonds is 4. The minimum atomic E-state index is -0.172. The number of carbonyl (C=O) groups excluding carboxylic acids is 1. The molecule has 0 aliphatic heterocycles. The van der Waals surface area contributed by atoms with Gasteiger partial charge in [-0.05, 0) is 18.2 Å². The lowest BCUT2D eigenvalue weighted by atomic mass is 10.3. The maximum Gasteiger partial charge on any atom is 0.321 e. The molecule has 4 rings (SSSR count). The van der Waals surface area contributed by atoms with Crippen LogP contribution in [0.1, 0.15) is 5.01 Å². The number of nitrogens with zero attached hydrogens (tertiary/aromatic N) is 5. The summed E-state index contributed by atoms with van der Waals surface area (Å²) in [4.78, 5) is 26.7. The van der Waals surface area contributed by atoms with E-state index in [0.717, 1.165) is 26.0 Å². The van der Waals surface area contributed by atoms with E-state index in [0.29, 0.717) is 6.54 Å². The average Bonchev–Trinajstić information content (AvgIpc) is 3.35. The Morgan fingerprint density at radius 2 is 2.28 bits per heavy atom. The van der Waals surface area contributed by atoms with Gasteiger partial charge in [0, 0.05) is 36.7 Å². The lowest BCUT2D eigenvalue weighted by Gasteiger charge is -2.16. The minimum Gasteiger partial charge on any atom is -0.321 e. The van der Waals surface area contributed by atoms with Crippen LogP contribution in [0, 0.1) is 0 Å². The number of hydrogen-bond donors (Lipinski definition) is 1. The van der Waals surface area contributed by atoms with Crippen LogP contribution in [-0.4, -0.2) is 37.5 Å². The summed E-state index contributed by atoms with van der Waals surface area (Å²) >= 11 is 3.08. The van der Waals surface area contributed by atoms with Crippen LogP contribution in [-0.2, 0) is 6.54 Å². The van der Waals surface area contributed by atoms with Crippen molar-refractivity contribution in [2.24, 2.45) is 0 Å². The van der Waals surface area contributed by atoms with Crippen LogP contribution >= 0.6 is 22.7 Å². The molecule has 7 nitrogen and oxygen atoms in total. The summed E-state index contributed by atoms with van der Waals surface area (Å²) in [6, 6.07) is 5.52.